The summed E-state index contributed by atoms with van der Waals surface area (Å²) in [6, 6.07) is 29.0. The van der Waals surface area contributed by atoms with Crippen molar-refractivity contribution in [2.45, 2.75) is 33.1 Å². The Kier molecular flexibility index (Phi) is 13.7. The first-order valence-electron chi connectivity index (χ1n) is 11.6. The maximum Gasteiger partial charge on any atom is 0.166 e. The molecule has 2 N–H and O–H groups in total. The predicted octanol–water partition coefficient (Wildman–Crippen LogP) is 8.36. The number of benzene rings is 4. The number of carbonyl (C=O) groups excluding carboxylic acids is 1. The monoisotopic (exact) mass is 549 g/mol. The van der Waals surface area contributed by atoms with Gasteiger partial charge in [0, 0.05) is 38.0 Å². The van der Waals surface area contributed by atoms with Crippen molar-refractivity contribution in [2.75, 3.05) is 0 Å². The summed E-state index contributed by atoms with van der Waals surface area (Å²) in [7, 11) is 0. The summed E-state index contributed by atoms with van der Waals surface area (Å²) in [5.41, 5.74) is 1.30. The van der Waals surface area contributed by atoms with E-state index in [9.17, 15) is 15.0 Å². The molecule has 190 valence electrons. The quantitative estimate of drug-likeness (QED) is 0.131. The summed E-state index contributed by atoms with van der Waals surface area (Å²) in [4.78, 5) is 11.5. The summed E-state index contributed by atoms with van der Waals surface area (Å²) >= 11 is 0. The first kappa shape index (κ1) is 31.4. The van der Waals surface area contributed by atoms with Gasteiger partial charge in [0.2, 0.25) is 0 Å². The normalized spacial score (nSPS) is 9.57. The molecule has 0 aliphatic heterocycles. The van der Waals surface area contributed by atoms with Crippen molar-refractivity contribution in [1.29, 1.82) is 0 Å². The smallest absolute Gasteiger partial charge is 0.166 e. The molecule has 4 aromatic rings. The molecule has 0 aromatic heterocycles. The van der Waals surface area contributed by atoms with Gasteiger partial charge in [-0.1, -0.05) is 62.7 Å². The molecule has 0 fully saturated rings. The van der Waals surface area contributed by atoms with E-state index in [2.05, 4.69) is 6.92 Å². The molecule has 4 rings (SSSR count). The molecule has 37 heavy (non-hydrogen) atoms. The van der Waals surface area contributed by atoms with Gasteiger partial charge in [-0.25, -0.2) is 0 Å². The average molecular weight is 551 g/mol. The molecule has 0 atom stereocenters. The van der Waals surface area contributed by atoms with Crippen LogP contribution in [0.25, 0.3) is 0 Å². The van der Waals surface area contributed by atoms with Crippen molar-refractivity contribution in [3.8, 4) is 34.5 Å². The maximum atomic E-state index is 11.5. The number of para-hydroxylation sites is 2. The molecule has 0 aliphatic carbocycles. The Morgan fingerprint density at radius 2 is 1.16 bits per heavy atom. The number of hydrogen-bond donors (Lipinski definition) is 2. The van der Waals surface area contributed by atoms with Crippen LogP contribution in [0.15, 0.2) is 97.1 Å². The molecule has 6 heteroatoms. The number of hydrogen-bond acceptors (Lipinski definition) is 5. The van der Waals surface area contributed by atoms with Crippen LogP contribution < -0.4 is 9.47 Å². The Bertz CT molecular complexity index is 1230. The molecule has 0 radical (unpaired) electrons. The zero-order valence-corrected chi connectivity index (χ0v) is 24.7. The van der Waals surface area contributed by atoms with Gasteiger partial charge in [-0.15, -0.1) is 0 Å². The van der Waals surface area contributed by atoms with Crippen LogP contribution in [-0.2, 0) is 25.9 Å². The van der Waals surface area contributed by atoms with E-state index in [0.29, 0.717) is 35.0 Å². The molecule has 5 nitrogen and oxygen atoms in total. The molecular weight excluding hydrogens is 518 g/mol. The van der Waals surface area contributed by atoms with Crippen molar-refractivity contribution < 1.29 is 44.0 Å². The van der Waals surface area contributed by atoms with E-state index in [1.54, 1.807) is 25.1 Å². The fraction of sp³-hybridized carbons (Fsp3) is 0.161. The molecule has 0 saturated heterocycles. The average Bonchev–Trinajstić information content (AvgIpc) is 2.87. The van der Waals surface area contributed by atoms with Crippen LogP contribution in [-0.4, -0.2) is 16.0 Å². The van der Waals surface area contributed by atoms with E-state index in [1.165, 1.54) is 6.07 Å². The Balaban J connectivity index is 0.000000351. The summed E-state index contributed by atoms with van der Waals surface area (Å²) in [5.74, 6) is 2.80. The van der Waals surface area contributed by atoms with Gasteiger partial charge in [-0.05, 0) is 54.4 Å². The van der Waals surface area contributed by atoms with Gasteiger partial charge >= 0.3 is 0 Å². The summed E-state index contributed by atoms with van der Waals surface area (Å²) < 4.78 is 11.2. The third kappa shape index (κ3) is 9.74. The summed E-state index contributed by atoms with van der Waals surface area (Å²) in [6.45, 7) is 3.85. The number of phenols is 2. The van der Waals surface area contributed by atoms with Crippen molar-refractivity contribution >= 4 is 5.78 Å². The molecule has 4 aromatic carbocycles. The second-order valence-corrected chi connectivity index (χ2v) is 7.83. The standard InChI is InChI=1S/C15H14O3.C15H16O2.CH3.Zn/c1-2-14(16)13-9-8-12(10-15(13)17)18-11-6-4-3-5-7-11;1-2-6-12-9-10-14(11-15(12)16)17-13-7-4-3-5-8-13;;/h3-10,17H,2H2,1H3;3-5,7-11,16H,2,6H2,1H3;1H3;/q;;-1;. The van der Waals surface area contributed by atoms with Crippen LogP contribution in [0.4, 0.5) is 0 Å². The molecule has 0 bridgehead atoms. The number of ether oxygens (including phenoxy) is 2. The minimum atomic E-state index is -0.0845. The minimum Gasteiger partial charge on any atom is -0.508 e. The topological polar surface area (TPSA) is 76.0 Å². The van der Waals surface area contributed by atoms with Crippen molar-refractivity contribution in [2.24, 2.45) is 0 Å². The second kappa shape index (κ2) is 16.2. The van der Waals surface area contributed by atoms with Gasteiger partial charge < -0.3 is 27.1 Å². The first-order valence-corrected chi connectivity index (χ1v) is 11.6. The molecule has 0 aliphatic rings. The molecule has 0 amide bonds. The number of phenolic OH excluding ortho intramolecular Hbond substituents is 2. The Morgan fingerprint density at radius 3 is 1.59 bits per heavy atom. The van der Waals surface area contributed by atoms with Crippen LogP contribution in [0.1, 0.15) is 42.6 Å². The van der Waals surface area contributed by atoms with Crippen LogP contribution in [0.2, 0.25) is 0 Å². The van der Waals surface area contributed by atoms with Crippen LogP contribution in [0, 0.1) is 7.43 Å². The fourth-order valence-corrected chi connectivity index (χ4v) is 3.34. The van der Waals surface area contributed by atoms with Crippen LogP contribution in [0.5, 0.6) is 34.5 Å². The molecule has 0 heterocycles. The Labute approximate surface area is 232 Å². The van der Waals surface area contributed by atoms with E-state index >= 15 is 0 Å². The number of aryl methyl sites for hydroxylation is 1. The molecule has 0 spiro atoms. The molecule has 0 unspecified atom stereocenters. The zero-order valence-electron chi connectivity index (χ0n) is 21.7. The van der Waals surface area contributed by atoms with E-state index in [1.807, 2.05) is 72.8 Å². The van der Waals surface area contributed by atoms with Gasteiger partial charge in [0.15, 0.2) is 5.78 Å². The maximum absolute atomic E-state index is 11.5. The van der Waals surface area contributed by atoms with E-state index in [0.717, 1.165) is 24.2 Å². The van der Waals surface area contributed by atoms with Crippen LogP contribution >= 0.6 is 0 Å². The Hall–Kier alpha value is -3.63. The summed E-state index contributed by atoms with van der Waals surface area (Å²) in [6.07, 6.45) is 2.27. The van der Waals surface area contributed by atoms with Crippen LogP contribution in [0.3, 0.4) is 0 Å². The van der Waals surface area contributed by atoms with Gasteiger partial charge in [0.05, 0.1) is 5.56 Å². The van der Waals surface area contributed by atoms with Crippen molar-refractivity contribution in [1.82, 2.24) is 0 Å². The fourth-order valence-electron chi connectivity index (χ4n) is 3.34. The molecule has 0 saturated carbocycles. The van der Waals surface area contributed by atoms with Gasteiger partial charge in [0.1, 0.15) is 34.5 Å². The first-order chi connectivity index (χ1) is 17.0. The molecular formula is C31H33O5Zn-. The summed E-state index contributed by atoms with van der Waals surface area (Å²) in [5, 5.41) is 19.6. The second-order valence-electron chi connectivity index (χ2n) is 7.83. The zero-order chi connectivity index (χ0) is 25.0. The number of Topliss-reactive ketones (excluding diaryl/α,β-unsaturated/α-hetero) is 1. The largest absolute Gasteiger partial charge is 0.508 e. The van der Waals surface area contributed by atoms with E-state index in [-0.39, 0.29) is 38.4 Å². The Morgan fingerprint density at radius 1 is 0.676 bits per heavy atom. The third-order valence-corrected chi connectivity index (χ3v) is 5.12. The van der Waals surface area contributed by atoms with Crippen molar-refractivity contribution in [3.63, 3.8) is 0 Å². The number of rotatable bonds is 8. The van der Waals surface area contributed by atoms with Gasteiger partial charge in [-0.3, -0.25) is 4.79 Å². The van der Waals surface area contributed by atoms with Gasteiger partial charge in [0.25, 0.3) is 0 Å². The third-order valence-electron chi connectivity index (χ3n) is 5.12. The minimum absolute atomic E-state index is 0. The predicted molar refractivity (Wildman–Crippen MR) is 144 cm³/mol. The number of carbonyl (C=O) groups is 1. The van der Waals surface area contributed by atoms with Crippen molar-refractivity contribution in [3.05, 3.63) is 116 Å². The van der Waals surface area contributed by atoms with E-state index in [4.69, 9.17) is 9.47 Å². The van der Waals surface area contributed by atoms with E-state index < -0.39 is 0 Å². The van der Waals surface area contributed by atoms with Gasteiger partial charge in [-0.2, -0.15) is 0 Å². The SMILES string of the molecule is CCC(=O)c1ccc(Oc2ccccc2)cc1O.CCCc1ccc(Oc2ccccc2)cc1O.[CH3-].[Zn]. The number of ketones is 1. The number of aromatic hydroxyl groups is 2.